The second-order valence-electron chi connectivity index (χ2n) is 8.06. The minimum Gasteiger partial charge on any atom is -0.494 e. The quantitative estimate of drug-likeness (QED) is 0.385. The normalized spacial score (nSPS) is 12.6. The molecule has 8 nitrogen and oxygen atoms in total. The molecule has 0 saturated heterocycles. The fraction of sp³-hybridized carbons (Fsp3) is 0.115. The van der Waals surface area contributed by atoms with Gasteiger partial charge in [0.15, 0.2) is 11.6 Å². The molecule has 0 fully saturated rings. The van der Waals surface area contributed by atoms with Crippen molar-refractivity contribution in [1.29, 1.82) is 0 Å². The molecule has 0 atom stereocenters. The molecule has 0 unspecified atom stereocenters. The summed E-state index contributed by atoms with van der Waals surface area (Å²) >= 11 is 0. The van der Waals surface area contributed by atoms with Crippen LogP contribution in [0.3, 0.4) is 0 Å². The molecule has 8 heteroatoms. The molecule has 2 heterocycles. The molecule has 2 aromatic heterocycles. The molecule has 34 heavy (non-hydrogen) atoms. The summed E-state index contributed by atoms with van der Waals surface area (Å²) in [5.74, 6) is 1.05. The van der Waals surface area contributed by atoms with Crippen molar-refractivity contribution in [2.24, 2.45) is 0 Å². The van der Waals surface area contributed by atoms with Crippen molar-refractivity contribution >= 4 is 22.6 Å². The van der Waals surface area contributed by atoms with Crippen LogP contribution in [0.25, 0.3) is 22.4 Å². The molecule has 0 spiro atoms. The molecule has 0 bridgehead atoms. The molecule has 6 rings (SSSR count). The lowest BCUT2D eigenvalue weighted by molar-refractivity contribution is 0.0980. The summed E-state index contributed by atoms with van der Waals surface area (Å²) in [6.07, 6.45) is 4.01. The SMILES string of the molecule is O=C1c2ccccc2C(=O)c2c1ccc1[nH]c(-c3ccc(OCCCn4cncn4)cc3)nc21. The predicted octanol–water partition coefficient (Wildman–Crippen LogP) is 4.07. The van der Waals surface area contributed by atoms with E-state index < -0.39 is 0 Å². The Labute approximate surface area is 194 Å². The third-order valence-electron chi connectivity index (χ3n) is 5.94. The van der Waals surface area contributed by atoms with Crippen LogP contribution in [-0.4, -0.2) is 42.9 Å². The second kappa shape index (κ2) is 8.08. The number of aryl methyl sites for hydroxylation is 1. The average Bonchev–Trinajstić information content (AvgIpc) is 3.55. The van der Waals surface area contributed by atoms with Crippen LogP contribution in [0.15, 0.2) is 73.3 Å². The van der Waals surface area contributed by atoms with Gasteiger partial charge in [0.05, 0.1) is 17.7 Å². The van der Waals surface area contributed by atoms with Crippen LogP contribution in [-0.2, 0) is 6.54 Å². The van der Waals surface area contributed by atoms with Crippen molar-refractivity contribution in [3.05, 3.63) is 95.6 Å². The van der Waals surface area contributed by atoms with Gasteiger partial charge in [0.25, 0.3) is 0 Å². The average molecular weight is 449 g/mol. The minimum absolute atomic E-state index is 0.151. The fourth-order valence-electron chi connectivity index (χ4n) is 4.26. The van der Waals surface area contributed by atoms with E-state index >= 15 is 0 Å². The number of H-pyrrole nitrogens is 1. The first-order chi connectivity index (χ1) is 16.7. The summed E-state index contributed by atoms with van der Waals surface area (Å²) in [6.45, 7) is 1.31. The highest BCUT2D eigenvalue weighted by Crippen LogP contribution is 2.33. The summed E-state index contributed by atoms with van der Waals surface area (Å²) < 4.78 is 7.58. The molecule has 5 aromatic rings. The Morgan fingerprint density at radius 3 is 2.44 bits per heavy atom. The van der Waals surface area contributed by atoms with Gasteiger partial charge in [0, 0.05) is 35.2 Å². The van der Waals surface area contributed by atoms with Crippen LogP contribution in [0.4, 0.5) is 0 Å². The number of ketones is 2. The van der Waals surface area contributed by atoms with Crippen LogP contribution in [0.2, 0.25) is 0 Å². The number of benzene rings is 3. The first kappa shape index (κ1) is 20.0. The zero-order chi connectivity index (χ0) is 23.1. The van der Waals surface area contributed by atoms with Gasteiger partial charge < -0.3 is 9.72 Å². The van der Waals surface area contributed by atoms with Crippen LogP contribution in [0.1, 0.15) is 38.3 Å². The topological polar surface area (TPSA) is 103 Å². The van der Waals surface area contributed by atoms with E-state index in [1.165, 1.54) is 6.33 Å². The molecule has 1 aliphatic carbocycles. The molecule has 0 radical (unpaired) electrons. The van der Waals surface area contributed by atoms with Crippen LogP contribution in [0, 0.1) is 0 Å². The zero-order valence-corrected chi connectivity index (χ0v) is 18.1. The Bertz CT molecular complexity index is 1540. The lowest BCUT2D eigenvalue weighted by Crippen LogP contribution is -2.21. The fourth-order valence-corrected chi connectivity index (χ4v) is 4.26. The molecule has 3 aromatic carbocycles. The van der Waals surface area contributed by atoms with Gasteiger partial charge in [-0.2, -0.15) is 5.10 Å². The predicted molar refractivity (Wildman–Crippen MR) is 125 cm³/mol. The molecule has 0 saturated carbocycles. The number of hydrogen-bond acceptors (Lipinski definition) is 6. The van der Waals surface area contributed by atoms with Crippen LogP contribution in [0.5, 0.6) is 5.75 Å². The second-order valence-corrected chi connectivity index (χ2v) is 8.06. The van der Waals surface area contributed by atoms with Crippen molar-refractivity contribution in [2.45, 2.75) is 13.0 Å². The van der Waals surface area contributed by atoms with E-state index in [0.29, 0.717) is 45.7 Å². The van der Waals surface area contributed by atoms with Gasteiger partial charge in [-0.1, -0.05) is 24.3 Å². The molecule has 0 aliphatic heterocycles. The van der Waals surface area contributed by atoms with Gasteiger partial charge in [0.1, 0.15) is 29.7 Å². The highest BCUT2D eigenvalue weighted by molar-refractivity contribution is 6.31. The van der Waals surface area contributed by atoms with Crippen LogP contribution >= 0.6 is 0 Å². The van der Waals surface area contributed by atoms with E-state index in [4.69, 9.17) is 9.72 Å². The Morgan fingerprint density at radius 1 is 0.882 bits per heavy atom. The van der Waals surface area contributed by atoms with E-state index in [1.807, 2.05) is 24.3 Å². The van der Waals surface area contributed by atoms with Gasteiger partial charge in [-0.05, 0) is 36.4 Å². The van der Waals surface area contributed by atoms with Gasteiger partial charge in [-0.15, -0.1) is 0 Å². The zero-order valence-electron chi connectivity index (χ0n) is 18.1. The number of carbonyl (C=O) groups is 2. The monoisotopic (exact) mass is 449 g/mol. The van der Waals surface area contributed by atoms with Gasteiger partial charge in [-0.3, -0.25) is 14.3 Å². The summed E-state index contributed by atoms with van der Waals surface area (Å²) in [7, 11) is 0. The van der Waals surface area contributed by atoms with E-state index in [2.05, 4.69) is 15.1 Å². The summed E-state index contributed by atoms with van der Waals surface area (Å²) in [5.41, 5.74) is 3.68. The molecule has 1 aliphatic rings. The maximum atomic E-state index is 13.2. The third-order valence-corrected chi connectivity index (χ3v) is 5.94. The molecule has 1 N–H and O–H groups in total. The first-order valence-corrected chi connectivity index (χ1v) is 11.0. The lowest BCUT2D eigenvalue weighted by Gasteiger charge is -2.17. The van der Waals surface area contributed by atoms with Crippen LogP contribution < -0.4 is 4.74 Å². The molecule has 166 valence electrons. The Balaban J connectivity index is 1.25. The van der Waals surface area contributed by atoms with Crippen molar-refractivity contribution in [1.82, 2.24) is 24.7 Å². The van der Waals surface area contributed by atoms with Crippen molar-refractivity contribution in [2.75, 3.05) is 6.61 Å². The number of nitrogens with one attached hydrogen (secondary N) is 1. The Kier molecular flexibility index (Phi) is 4.76. The maximum absolute atomic E-state index is 13.2. The minimum atomic E-state index is -0.177. The summed E-state index contributed by atoms with van der Waals surface area (Å²) in [5, 5.41) is 4.07. The summed E-state index contributed by atoms with van der Waals surface area (Å²) in [6, 6.07) is 18.0. The molecule has 0 amide bonds. The van der Waals surface area contributed by atoms with E-state index in [-0.39, 0.29) is 11.6 Å². The Hall–Kier alpha value is -4.59. The van der Waals surface area contributed by atoms with E-state index in [0.717, 1.165) is 24.3 Å². The van der Waals surface area contributed by atoms with Crippen molar-refractivity contribution in [3.8, 4) is 17.1 Å². The van der Waals surface area contributed by atoms with Gasteiger partial charge in [-0.25, -0.2) is 9.97 Å². The smallest absolute Gasteiger partial charge is 0.196 e. The van der Waals surface area contributed by atoms with Gasteiger partial charge in [0.2, 0.25) is 0 Å². The lowest BCUT2D eigenvalue weighted by atomic mass is 9.83. The number of aromatic nitrogens is 5. The highest BCUT2D eigenvalue weighted by atomic mass is 16.5. The van der Waals surface area contributed by atoms with E-state index in [9.17, 15) is 9.59 Å². The maximum Gasteiger partial charge on any atom is 0.196 e. The Morgan fingerprint density at radius 2 is 1.68 bits per heavy atom. The third kappa shape index (κ3) is 3.36. The first-order valence-electron chi connectivity index (χ1n) is 11.0. The number of imidazole rings is 1. The number of carbonyl (C=O) groups excluding carboxylic acids is 2. The highest BCUT2D eigenvalue weighted by Gasteiger charge is 2.32. The van der Waals surface area contributed by atoms with Gasteiger partial charge >= 0.3 is 0 Å². The standard InChI is InChI=1S/C26H19N5O3/c32-24-18-4-1-2-5-19(18)25(33)22-20(24)10-11-21-23(22)30-26(29-21)16-6-8-17(9-7-16)34-13-3-12-31-15-27-14-28-31/h1-2,4-11,14-15H,3,12-13H2,(H,29,30). The van der Waals surface area contributed by atoms with E-state index in [1.54, 1.807) is 47.4 Å². The number of fused-ring (bicyclic) bond motifs is 4. The molecular formula is C26H19N5O3. The number of ether oxygens (including phenoxy) is 1. The number of hydrogen-bond donors (Lipinski definition) is 1. The molecular weight excluding hydrogens is 430 g/mol. The summed E-state index contributed by atoms with van der Waals surface area (Å²) in [4.78, 5) is 38.1. The number of aromatic amines is 1. The van der Waals surface area contributed by atoms with Crippen molar-refractivity contribution < 1.29 is 14.3 Å². The number of nitrogens with zero attached hydrogens (tertiary/aromatic N) is 4. The van der Waals surface area contributed by atoms with Crippen molar-refractivity contribution in [3.63, 3.8) is 0 Å². The largest absolute Gasteiger partial charge is 0.494 e. The number of rotatable bonds is 6.